The number of fused-ring (bicyclic) bond motifs is 1. The van der Waals surface area contributed by atoms with Gasteiger partial charge in [-0.3, -0.25) is 4.99 Å². The first-order valence-electron chi connectivity index (χ1n) is 5.38. The highest BCUT2D eigenvalue weighted by Gasteiger charge is 2.11. The second kappa shape index (κ2) is 4.82. The molecule has 0 spiro atoms. The zero-order valence-corrected chi connectivity index (χ0v) is 9.86. The summed E-state index contributed by atoms with van der Waals surface area (Å²) in [4.78, 5) is 15.7. The Morgan fingerprint density at radius 2 is 2.24 bits per heavy atom. The van der Waals surface area contributed by atoms with Gasteiger partial charge < -0.3 is 10.1 Å². The zero-order chi connectivity index (χ0) is 12.3. The van der Waals surface area contributed by atoms with Crippen LogP contribution >= 0.6 is 0 Å². The standard InChI is InChI=1S/C13H14N2O2/c1-9-7-10(8-13(16)17-2)15-12-6-4-3-5-11(12)14-9/h3-6,8,15H,7H2,1-2H3. The molecule has 0 unspecified atom stereocenters. The summed E-state index contributed by atoms with van der Waals surface area (Å²) in [5.74, 6) is -0.361. The summed E-state index contributed by atoms with van der Waals surface area (Å²) >= 11 is 0. The highest BCUT2D eigenvalue weighted by molar-refractivity contribution is 5.93. The second-order valence-corrected chi connectivity index (χ2v) is 3.86. The molecule has 1 aromatic carbocycles. The van der Waals surface area contributed by atoms with E-state index in [0.717, 1.165) is 22.8 Å². The van der Waals surface area contributed by atoms with Gasteiger partial charge in [-0.25, -0.2) is 4.79 Å². The van der Waals surface area contributed by atoms with Crippen molar-refractivity contribution in [2.24, 2.45) is 4.99 Å². The molecule has 17 heavy (non-hydrogen) atoms. The van der Waals surface area contributed by atoms with Gasteiger partial charge in [0.1, 0.15) is 0 Å². The smallest absolute Gasteiger partial charge is 0.332 e. The number of benzene rings is 1. The summed E-state index contributed by atoms with van der Waals surface area (Å²) in [6.07, 6.45) is 2.07. The zero-order valence-electron chi connectivity index (χ0n) is 9.86. The van der Waals surface area contributed by atoms with Gasteiger partial charge >= 0.3 is 5.97 Å². The third kappa shape index (κ3) is 2.72. The van der Waals surface area contributed by atoms with E-state index in [2.05, 4.69) is 15.0 Å². The number of aliphatic imine (C=N–C) groups is 1. The van der Waals surface area contributed by atoms with Crippen molar-refractivity contribution in [3.05, 3.63) is 36.0 Å². The first kappa shape index (κ1) is 11.4. The van der Waals surface area contributed by atoms with Crippen molar-refractivity contribution in [2.75, 3.05) is 12.4 Å². The lowest BCUT2D eigenvalue weighted by Gasteiger charge is -2.08. The number of allylic oxidation sites excluding steroid dienone is 1. The van der Waals surface area contributed by atoms with Crippen molar-refractivity contribution in [1.29, 1.82) is 0 Å². The van der Waals surface area contributed by atoms with Crippen molar-refractivity contribution in [3.63, 3.8) is 0 Å². The number of rotatable bonds is 1. The molecule has 4 nitrogen and oxygen atoms in total. The number of hydrogen-bond donors (Lipinski definition) is 1. The van der Waals surface area contributed by atoms with E-state index in [9.17, 15) is 4.79 Å². The van der Waals surface area contributed by atoms with Crippen molar-refractivity contribution >= 4 is 23.1 Å². The molecule has 0 atom stereocenters. The van der Waals surface area contributed by atoms with Crippen molar-refractivity contribution in [2.45, 2.75) is 13.3 Å². The number of para-hydroxylation sites is 2. The molecule has 88 valence electrons. The highest BCUT2D eigenvalue weighted by Crippen LogP contribution is 2.29. The molecule has 2 rings (SSSR count). The average molecular weight is 230 g/mol. The summed E-state index contributed by atoms with van der Waals surface area (Å²) in [6, 6.07) is 7.74. The number of carbonyl (C=O) groups is 1. The third-order valence-corrected chi connectivity index (χ3v) is 2.45. The van der Waals surface area contributed by atoms with E-state index in [1.807, 2.05) is 31.2 Å². The van der Waals surface area contributed by atoms with Crippen LogP contribution in [0, 0.1) is 0 Å². The summed E-state index contributed by atoms with van der Waals surface area (Å²) in [5.41, 5.74) is 3.54. The van der Waals surface area contributed by atoms with Crippen LogP contribution in [0.5, 0.6) is 0 Å². The second-order valence-electron chi connectivity index (χ2n) is 3.86. The van der Waals surface area contributed by atoms with Crippen LogP contribution in [0.2, 0.25) is 0 Å². The fraction of sp³-hybridized carbons (Fsp3) is 0.231. The quantitative estimate of drug-likeness (QED) is 0.596. The van der Waals surface area contributed by atoms with Gasteiger partial charge in [0.15, 0.2) is 0 Å². The summed E-state index contributed by atoms with van der Waals surface area (Å²) in [5, 5.41) is 3.20. The largest absolute Gasteiger partial charge is 0.466 e. The molecule has 0 bridgehead atoms. The maximum absolute atomic E-state index is 11.2. The fourth-order valence-corrected chi connectivity index (χ4v) is 1.70. The van der Waals surface area contributed by atoms with E-state index in [1.54, 1.807) is 0 Å². The number of hydrogen-bond acceptors (Lipinski definition) is 4. The lowest BCUT2D eigenvalue weighted by molar-refractivity contribution is -0.134. The van der Waals surface area contributed by atoms with Crippen molar-refractivity contribution in [3.8, 4) is 0 Å². The Hall–Kier alpha value is -2.10. The molecule has 0 amide bonds. The Balaban J connectivity index is 2.36. The Labute approximate surface area is 100 Å². The molecule has 4 heteroatoms. The van der Waals surface area contributed by atoms with Gasteiger partial charge in [0.2, 0.25) is 0 Å². The van der Waals surface area contributed by atoms with E-state index in [1.165, 1.54) is 13.2 Å². The van der Waals surface area contributed by atoms with Crippen LogP contribution in [0.25, 0.3) is 0 Å². The third-order valence-electron chi connectivity index (χ3n) is 2.45. The molecule has 1 aliphatic heterocycles. The van der Waals surface area contributed by atoms with Crippen LogP contribution < -0.4 is 5.32 Å². The summed E-state index contributed by atoms with van der Waals surface area (Å²) in [6.45, 7) is 1.94. The number of nitrogens with one attached hydrogen (secondary N) is 1. The molecule has 0 aromatic heterocycles. The van der Waals surface area contributed by atoms with E-state index in [-0.39, 0.29) is 5.97 Å². The van der Waals surface area contributed by atoms with Crippen LogP contribution in [0.1, 0.15) is 13.3 Å². The van der Waals surface area contributed by atoms with E-state index < -0.39 is 0 Å². The lowest BCUT2D eigenvalue weighted by atomic mass is 10.2. The van der Waals surface area contributed by atoms with Gasteiger partial charge in [-0.2, -0.15) is 0 Å². The van der Waals surface area contributed by atoms with E-state index >= 15 is 0 Å². The number of methoxy groups -OCH3 is 1. The van der Waals surface area contributed by atoms with Gasteiger partial charge in [0, 0.05) is 23.9 Å². The molecule has 1 N–H and O–H groups in total. The van der Waals surface area contributed by atoms with Crippen LogP contribution in [0.4, 0.5) is 11.4 Å². The Morgan fingerprint density at radius 1 is 1.47 bits per heavy atom. The first-order valence-corrected chi connectivity index (χ1v) is 5.38. The van der Waals surface area contributed by atoms with Crippen LogP contribution in [0.3, 0.4) is 0 Å². The molecule has 1 aromatic rings. The Kier molecular flexibility index (Phi) is 3.23. The minimum Gasteiger partial charge on any atom is -0.466 e. The SMILES string of the molecule is COC(=O)C=C1CC(C)=Nc2ccccc2N1. The molecule has 0 saturated carbocycles. The predicted octanol–water partition coefficient (Wildman–Crippen LogP) is 2.65. The van der Waals surface area contributed by atoms with Crippen LogP contribution in [0.15, 0.2) is 41.0 Å². The normalized spacial score (nSPS) is 16.6. The monoisotopic (exact) mass is 230 g/mol. The van der Waals surface area contributed by atoms with Gasteiger partial charge in [-0.05, 0) is 19.1 Å². The summed E-state index contributed by atoms with van der Waals surface area (Å²) < 4.78 is 4.62. The number of nitrogens with zero attached hydrogens (tertiary/aromatic N) is 1. The molecular formula is C13H14N2O2. The van der Waals surface area contributed by atoms with E-state index in [4.69, 9.17) is 0 Å². The van der Waals surface area contributed by atoms with E-state index in [0.29, 0.717) is 6.42 Å². The van der Waals surface area contributed by atoms with Gasteiger partial charge in [0.25, 0.3) is 0 Å². The maximum atomic E-state index is 11.2. The minimum atomic E-state index is -0.361. The lowest BCUT2D eigenvalue weighted by Crippen LogP contribution is -2.06. The van der Waals surface area contributed by atoms with Crippen molar-refractivity contribution in [1.82, 2.24) is 0 Å². The molecule has 0 fully saturated rings. The fourth-order valence-electron chi connectivity index (χ4n) is 1.70. The maximum Gasteiger partial charge on any atom is 0.332 e. The highest BCUT2D eigenvalue weighted by atomic mass is 16.5. The van der Waals surface area contributed by atoms with Gasteiger partial charge in [-0.15, -0.1) is 0 Å². The predicted molar refractivity (Wildman–Crippen MR) is 67.5 cm³/mol. The number of esters is 1. The molecule has 0 saturated heterocycles. The number of ether oxygens (including phenoxy) is 1. The van der Waals surface area contributed by atoms with Gasteiger partial charge in [0.05, 0.1) is 18.5 Å². The van der Waals surface area contributed by atoms with Crippen LogP contribution in [-0.4, -0.2) is 18.8 Å². The molecule has 1 aliphatic rings. The van der Waals surface area contributed by atoms with Crippen LogP contribution in [-0.2, 0) is 9.53 Å². The Morgan fingerprint density at radius 3 is 3.00 bits per heavy atom. The average Bonchev–Trinajstić information content (AvgIpc) is 2.46. The van der Waals surface area contributed by atoms with Crippen molar-refractivity contribution < 1.29 is 9.53 Å². The molecule has 1 heterocycles. The van der Waals surface area contributed by atoms with Gasteiger partial charge in [-0.1, -0.05) is 12.1 Å². The first-order chi connectivity index (χ1) is 8.19. The number of anilines is 1. The number of carbonyl (C=O) groups excluding carboxylic acids is 1. The Bertz CT molecular complexity index is 504. The molecular weight excluding hydrogens is 216 g/mol. The molecule has 0 radical (unpaired) electrons. The molecule has 0 aliphatic carbocycles. The summed E-state index contributed by atoms with van der Waals surface area (Å²) in [7, 11) is 1.37. The minimum absolute atomic E-state index is 0.361. The topological polar surface area (TPSA) is 50.7 Å².